The average molecular weight is 527 g/mol. The molecule has 1 atom stereocenters. The Balaban J connectivity index is 2.12. The molecule has 1 amide bonds. The number of carbonyl (C=O) groups is 1. The van der Waals surface area contributed by atoms with E-state index in [2.05, 4.69) is 0 Å². The summed E-state index contributed by atoms with van der Waals surface area (Å²) in [4.78, 5) is 14.3. The number of benzene rings is 2. The molecule has 0 radical (unpaired) electrons. The molecule has 0 N–H and O–H groups in total. The first-order valence-corrected chi connectivity index (χ1v) is 10.4. The van der Waals surface area contributed by atoms with Crippen LogP contribution in [-0.2, 0) is 11.3 Å². The zero-order valence-electron chi connectivity index (χ0n) is 18.7. The minimum Gasteiger partial charge on any atom is -0.307 e. The molecule has 2 aromatic carbocycles. The van der Waals surface area contributed by atoms with Crippen molar-refractivity contribution in [2.75, 3.05) is 0 Å². The molecule has 0 spiro atoms. The minimum atomic E-state index is -7.07. The Bertz CT molecular complexity index is 1160. The van der Waals surface area contributed by atoms with Crippen molar-refractivity contribution >= 4 is 11.6 Å². The maximum absolute atomic E-state index is 14.6. The molecule has 3 rings (SSSR count). The maximum atomic E-state index is 14.6. The van der Waals surface area contributed by atoms with Gasteiger partial charge in [0.2, 0.25) is 5.91 Å². The molecule has 1 aliphatic heterocycles. The largest absolute Gasteiger partial charge is 0.460 e. The highest BCUT2D eigenvalue weighted by atomic mass is 19.4. The number of nitrogens with zero attached hydrogens (tertiary/aromatic N) is 1. The second-order valence-corrected chi connectivity index (χ2v) is 8.72. The van der Waals surface area contributed by atoms with Crippen LogP contribution in [0.4, 0.5) is 43.9 Å². The van der Waals surface area contributed by atoms with E-state index in [1.54, 1.807) is 30.3 Å². The number of amides is 1. The highest BCUT2D eigenvalue weighted by molar-refractivity contribution is 6.00. The summed E-state index contributed by atoms with van der Waals surface area (Å²) in [6.45, 7) is 1.62. The van der Waals surface area contributed by atoms with Gasteiger partial charge < -0.3 is 4.90 Å². The smallest absolute Gasteiger partial charge is 0.307 e. The molecule has 0 aromatic heterocycles. The standard InChI is InChI=1S/C24H19F10NO/c1-14-18(16-8-10-17(25)11-9-16)35(12-15-6-4-3-5-7-15)19(36)20(14,2)13-21(26,27)22(28,29)23(30,31)24(32,33)34/h3-11H,12-13H2,1-2H3. The number of halogens is 10. The number of hydrogen-bond donors (Lipinski definition) is 0. The first kappa shape index (κ1) is 27.5. The van der Waals surface area contributed by atoms with Crippen molar-refractivity contribution in [1.82, 2.24) is 4.90 Å². The molecule has 36 heavy (non-hydrogen) atoms. The van der Waals surface area contributed by atoms with Crippen molar-refractivity contribution in [3.8, 4) is 0 Å². The summed E-state index contributed by atoms with van der Waals surface area (Å²) in [5.74, 6) is -21.8. The topological polar surface area (TPSA) is 20.3 Å². The molecule has 1 unspecified atom stereocenters. The molecule has 2 aromatic rings. The lowest BCUT2D eigenvalue weighted by Crippen LogP contribution is -2.62. The van der Waals surface area contributed by atoms with Gasteiger partial charge in [0.05, 0.1) is 17.7 Å². The van der Waals surface area contributed by atoms with Gasteiger partial charge in [-0.25, -0.2) is 4.39 Å². The Morgan fingerprint density at radius 2 is 1.33 bits per heavy atom. The zero-order valence-corrected chi connectivity index (χ0v) is 18.7. The fourth-order valence-electron chi connectivity index (χ4n) is 4.09. The van der Waals surface area contributed by atoms with E-state index in [-0.39, 0.29) is 23.4 Å². The Morgan fingerprint density at radius 3 is 1.83 bits per heavy atom. The minimum absolute atomic E-state index is 0.0759. The van der Waals surface area contributed by atoms with Gasteiger partial charge in [-0.15, -0.1) is 0 Å². The molecule has 0 saturated heterocycles. The monoisotopic (exact) mass is 527 g/mol. The van der Waals surface area contributed by atoms with Gasteiger partial charge in [-0.2, -0.15) is 39.5 Å². The van der Waals surface area contributed by atoms with Crippen molar-refractivity contribution in [3.63, 3.8) is 0 Å². The Hall–Kier alpha value is -3.05. The van der Waals surface area contributed by atoms with Crippen LogP contribution < -0.4 is 0 Å². The van der Waals surface area contributed by atoms with Gasteiger partial charge >= 0.3 is 23.9 Å². The second-order valence-electron chi connectivity index (χ2n) is 8.72. The van der Waals surface area contributed by atoms with Crippen LogP contribution in [0, 0.1) is 11.2 Å². The molecule has 0 bridgehead atoms. The highest BCUT2D eigenvalue weighted by Crippen LogP contribution is 2.58. The van der Waals surface area contributed by atoms with E-state index < -0.39 is 47.5 Å². The van der Waals surface area contributed by atoms with Crippen molar-refractivity contribution in [3.05, 3.63) is 77.1 Å². The molecule has 0 aliphatic carbocycles. The third kappa shape index (κ3) is 4.34. The predicted octanol–water partition coefficient (Wildman–Crippen LogP) is 7.46. The van der Waals surface area contributed by atoms with Crippen LogP contribution >= 0.6 is 0 Å². The summed E-state index contributed by atoms with van der Waals surface area (Å²) in [5, 5.41) is 0. The van der Waals surface area contributed by atoms with Gasteiger partial charge in [-0.05, 0) is 54.8 Å². The molecule has 196 valence electrons. The summed E-state index contributed by atoms with van der Waals surface area (Å²) in [6, 6.07) is 12.3. The SMILES string of the molecule is CC1=C(c2ccc(F)cc2)N(Cc2ccccc2)C(=O)C1(C)CC(F)(F)C(F)(F)C(F)(F)C(F)(F)F. The summed E-state index contributed by atoms with van der Waals surface area (Å²) >= 11 is 0. The number of hydrogen-bond acceptors (Lipinski definition) is 1. The molecule has 12 heteroatoms. The van der Waals surface area contributed by atoms with Crippen LogP contribution in [-0.4, -0.2) is 34.8 Å². The fraction of sp³-hybridized carbons (Fsp3) is 0.375. The lowest BCUT2D eigenvalue weighted by Gasteiger charge is -2.37. The van der Waals surface area contributed by atoms with Gasteiger partial charge in [0.15, 0.2) is 0 Å². The molecule has 1 heterocycles. The summed E-state index contributed by atoms with van der Waals surface area (Å²) in [6.07, 6.45) is -9.30. The van der Waals surface area contributed by atoms with Gasteiger partial charge in [0.25, 0.3) is 0 Å². The van der Waals surface area contributed by atoms with Crippen molar-refractivity contribution in [1.29, 1.82) is 0 Å². The van der Waals surface area contributed by atoms with Crippen LogP contribution in [0.3, 0.4) is 0 Å². The Morgan fingerprint density at radius 1 is 0.806 bits per heavy atom. The van der Waals surface area contributed by atoms with E-state index in [1.807, 2.05) is 0 Å². The van der Waals surface area contributed by atoms with Crippen LogP contribution in [0.2, 0.25) is 0 Å². The Kier molecular flexibility index (Phi) is 6.74. The quantitative estimate of drug-likeness (QED) is 0.342. The van der Waals surface area contributed by atoms with Crippen molar-refractivity contribution < 1.29 is 48.7 Å². The van der Waals surface area contributed by atoms with E-state index in [4.69, 9.17) is 0 Å². The highest BCUT2D eigenvalue weighted by Gasteiger charge is 2.82. The summed E-state index contributed by atoms with van der Waals surface area (Å²) in [7, 11) is 0. The van der Waals surface area contributed by atoms with Crippen LogP contribution in [0.15, 0.2) is 60.2 Å². The normalized spacial score (nSPS) is 19.9. The average Bonchev–Trinajstić information content (AvgIpc) is 2.94. The Labute approximate surface area is 199 Å². The van der Waals surface area contributed by atoms with Crippen LogP contribution in [0.5, 0.6) is 0 Å². The fourth-order valence-corrected chi connectivity index (χ4v) is 4.09. The molecule has 1 aliphatic rings. The first-order chi connectivity index (χ1) is 16.4. The van der Waals surface area contributed by atoms with Crippen molar-refractivity contribution in [2.45, 2.75) is 50.8 Å². The molecule has 2 nitrogen and oxygen atoms in total. The second kappa shape index (κ2) is 8.81. The number of rotatable bonds is 7. The molecule has 0 saturated carbocycles. The van der Waals surface area contributed by atoms with Crippen LogP contribution in [0.25, 0.3) is 5.70 Å². The van der Waals surface area contributed by atoms with E-state index in [9.17, 15) is 48.7 Å². The molecule has 0 fully saturated rings. The predicted molar refractivity (Wildman–Crippen MR) is 110 cm³/mol. The van der Waals surface area contributed by atoms with Gasteiger partial charge in [0, 0.05) is 6.42 Å². The van der Waals surface area contributed by atoms with E-state index in [0.29, 0.717) is 5.56 Å². The summed E-state index contributed by atoms with van der Waals surface area (Å²) in [5.41, 5.74) is -2.35. The third-order valence-corrected chi connectivity index (χ3v) is 6.26. The van der Waals surface area contributed by atoms with E-state index in [0.717, 1.165) is 30.9 Å². The maximum Gasteiger partial charge on any atom is 0.460 e. The van der Waals surface area contributed by atoms with Gasteiger partial charge in [0.1, 0.15) is 5.82 Å². The lowest BCUT2D eigenvalue weighted by molar-refractivity contribution is -0.398. The third-order valence-electron chi connectivity index (χ3n) is 6.26. The lowest BCUT2D eigenvalue weighted by atomic mass is 9.76. The molecular weight excluding hydrogens is 508 g/mol. The van der Waals surface area contributed by atoms with Gasteiger partial charge in [-0.1, -0.05) is 30.3 Å². The number of carbonyl (C=O) groups excluding carboxylic acids is 1. The zero-order chi connectivity index (χ0) is 27.3. The number of alkyl halides is 9. The van der Waals surface area contributed by atoms with E-state index >= 15 is 0 Å². The summed E-state index contributed by atoms with van der Waals surface area (Å²) < 4.78 is 135. The van der Waals surface area contributed by atoms with Crippen LogP contribution in [0.1, 0.15) is 31.4 Å². The first-order valence-electron chi connectivity index (χ1n) is 10.4. The van der Waals surface area contributed by atoms with E-state index in [1.165, 1.54) is 12.1 Å². The van der Waals surface area contributed by atoms with Crippen molar-refractivity contribution in [2.24, 2.45) is 5.41 Å². The van der Waals surface area contributed by atoms with Gasteiger partial charge in [-0.3, -0.25) is 4.79 Å². The molecular formula is C24H19F10NO.